The molecule has 21 heavy (non-hydrogen) atoms. The van der Waals surface area contributed by atoms with Crippen LogP contribution in [0, 0.1) is 12.7 Å². The molecule has 0 amide bonds. The zero-order chi connectivity index (χ0) is 15.6. The van der Waals surface area contributed by atoms with Gasteiger partial charge in [-0.2, -0.15) is 0 Å². The fourth-order valence-electron chi connectivity index (χ4n) is 1.70. The third kappa shape index (κ3) is 3.38. The number of carboxylic acids is 1. The number of benzene rings is 2. The highest BCUT2D eigenvalue weighted by molar-refractivity contribution is 7.92. The summed E-state index contributed by atoms with van der Waals surface area (Å²) in [6.07, 6.45) is 0. The molecule has 0 saturated carbocycles. The third-order valence-electron chi connectivity index (χ3n) is 2.84. The smallest absolute Gasteiger partial charge is 0.335 e. The fourth-order valence-corrected chi connectivity index (χ4v) is 2.86. The molecule has 110 valence electrons. The number of hydrogen-bond donors (Lipinski definition) is 2. The zero-order valence-electron chi connectivity index (χ0n) is 11.0. The Labute approximate surface area is 121 Å². The molecule has 7 heteroatoms. The van der Waals surface area contributed by atoms with Gasteiger partial charge in [-0.25, -0.2) is 17.6 Å². The highest BCUT2D eigenvalue weighted by atomic mass is 32.2. The number of aromatic carboxylic acids is 1. The number of rotatable bonds is 4. The molecular weight excluding hydrogens is 297 g/mol. The van der Waals surface area contributed by atoms with Crippen LogP contribution in [-0.4, -0.2) is 19.5 Å². The number of halogens is 1. The Morgan fingerprint density at radius 2 is 1.90 bits per heavy atom. The Morgan fingerprint density at radius 3 is 2.52 bits per heavy atom. The number of anilines is 1. The molecule has 0 heterocycles. The van der Waals surface area contributed by atoms with Crippen molar-refractivity contribution in [2.75, 3.05) is 4.72 Å². The first-order chi connectivity index (χ1) is 9.79. The lowest BCUT2D eigenvalue weighted by molar-refractivity contribution is 0.0697. The van der Waals surface area contributed by atoms with Crippen molar-refractivity contribution in [1.29, 1.82) is 0 Å². The van der Waals surface area contributed by atoms with Crippen LogP contribution < -0.4 is 4.72 Å². The molecule has 2 N–H and O–H groups in total. The van der Waals surface area contributed by atoms with Gasteiger partial charge in [-0.15, -0.1) is 0 Å². The van der Waals surface area contributed by atoms with Crippen molar-refractivity contribution in [2.24, 2.45) is 0 Å². The molecule has 0 saturated heterocycles. The minimum atomic E-state index is -3.98. The zero-order valence-corrected chi connectivity index (χ0v) is 11.8. The molecule has 5 nitrogen and oxygen atoms in total. The van der Waals surface area contributed by atoms with E-state index < -0.39 is 21.8 Å². The number of hydrogen-bond acceptors (Lipinski definition) is 3. The van der Waals surface area contributed by atoms with E-state index in [1.807, 2.05) is 0 Å². The predicted octanol–water partition coefficient (Wildman–Crippen LogP) is 2.63. The van der Waals surface area contributed by atoms with E-state index in [1.54, 1.807) is 6.92 Å². The molecule has 0 radical (unpaired) electrons. The Kier molecular flexibility index (Phi) is 3.95. The van der Waals surface area contributed by atoms with Gasteiger partial charge in [-0.3, -0.25) is 4.72 Å². The van der Waals surface area contributed by atoms with Gasteiger partial charge in [0.15, 0.2) is 0 Å². The van der Waals surface area contributed by atoms with Crippen molar-refractivity contribution in [3.8, 4) is 0 Å². The summed E-state index contributed by atoms with van der Waals surface area (Å²) in [5.74, 6) is -1.84. The van der Waals surface area contributed by atoms with Gasteiger partial charge in [0.2, 0.25) is 0 Å². The van der Waals surface area contributed by atoms with Crippen LogP contribution in [0.5, 0.6) is 0 Å². The molecule has 0 aliphatic carbocycles. The summed E-state index contributed by atoms with van der Waals surface area (Å²) in [6.45, 7) is 1.63. The van der Waals surface area contributed by atoms with Crippen molar-refractivity contribution in [3.05, 3.63) is 59.4 Å². The lowest BCUT2D eigenvalue weighted by Crippen LogP contribution is -2.14. The van der Waals surface area contributed by atoms with Gasteiger partial charge in [0.25, 0.3) is 10.0 Å². The van der Waals surface area contributed by atoms with Crippen molar-refractivity contribution >= 4 is 21.7 Å². The third-order valence-corrected chi connectivity index (χ3v) is 4.20. The minimum absolute atomic E-state index is 0.0439. The largest absolute Gasteiger partial charge is 0.478 e. The van der Waals surface area contributed by atoms with Gasteiger partial charge in [0.1, 0.15) is 5.82 Å². The Balaban J connectivity index is 2.41. The molecule has 0 aliphatic heterocycles. The normalized spacial score (nSPS) is 11.1. The van der Waals surface area contributed by atoms with Gasteiger partial charge in [-0.1, -0.05) is 12.1 Å². The first-order valence-corrected chi connectivity index (χ1v) is 7.40. The van der Waals surface area contributed by atoms with E-state index in [0.717, 1.165) is 12.1 Å². The molecule has 0 aromatic heterocycles. The highest BCUT2D eigenvalue weighted by Gasteiger charge is 2.17. The summed E-state index contributed by atoms with van der Waals surface area (Å²) in [7, 11) is -3.98. The van der Waals surface area contributed by atoms with E-state index in [2.05, 4.69) is 4.72 Å². The fraction of sp³-hybridized carbons (Fsp3) is 0.0714. The van der Waals surface area contributed by atoms with Crippen LogP contribution in [0.15, 0.2) is 47.4 Å². The molecule has 2 aromatic rings. The molecule has 2 aromatic carbocycles. The topological polar surface area (TPSA) is 83.5 Å². The SMILES string of the molecule is Cc1ccc(C(=O)O)cc1NS(=O)(=O)c1cccc(F)c1. The van der Waals surface area contributed by atoms with Gasteiger partial charge in [0.05, 0.1) is 16.1 Å². The summed E-state index contributed by atoms with van der Waals surface area (Å²) in [5.41, 5.74) is 0.650. The lowest BCUT2D eigenvalue weighted by atomic mass is 10.1. The standard InChI is InChI=1S/C14H12FNO4S/c1-9-5-6-10(14(17)18)7-13(9)16-21(19,20)12-4-2-3-11(15)8-12/h2-8,16H,1H3,(H,17,18). The summed E-state index contributed by atoms with van der Waals surface area (Å²) in [4.78, 5) is 10.7. The van der Waals surface area contributed by atoms with E-state index in [0.29, 0.717) is 5.56 Å². The summed E-state index contributed by atoms with van der Waals surface area (Å²) in [6, 6.07) is 8.64. The second-order valence-electron chi connectivity index (χ2n) is 4.40. The maximum atomic E-state index is 13.1. The van der Waals surface area contributed by atoms with Crippen LogP contribution in [0.4, 0.5) is 10.1 Å². The maximum Gasteiger partial charge on any atom is 0.335 e. The molecule has 0 atom stereocenters. The minimum Gasteiger partial charge on any atom is -0.478 e. The van der Waals surface area contributed by atoms with E-state index in [4.69, 9.17) is 5.11 Å². The van der Waals surface area contributed by atoms with E-state index in [9.17, 15) is 17.6 Å². The van der Waals surface area contributed by atoms with Crippen LogP contribution in [0.2, 0.25) is 0 Å². The van der Waals surface area contributed by atoms with Crippen molar-refractivity contribution in [2.45, 2.75) is 11.8 Å². The van der Waals surface area contributed by atoms with Crippen LogP contribution in [-0.2, 0) is 10.0 Å². The van der Waals surface area contributed by atoms with Crippen LogP contribution >= 0.6 is 0 Å². The van der Waals surface area contributed by atoms with Crippen LogP contribution in [0.3, 0.4) is 0 Å². The van der Waals surface area contributed by atoms with Gasteiger partial charge in [0, 0.05) is 0 Å². The molecule has 0 bridgehead atoms. The molecule has 0 aliphatic rings. The summed E-state index contributed by atoms with van der Waals surface area (Å²) in [5, 5.41) is 8.93. The number of nitrogens with one attached hydrogen (secondary N) is 1. The van der Waals surface area contributed by atoms with Gasteiger partial charge in [-0.05, 0) is 42.8 Å². The first-order valence-electron chi connectivity index (χ1n) is 5.92. The van der Waals surface area contributed by atoms with Crippen LogP contribution in [0.1, 0.15) is 15.9 Å². The number of aryl methyl sites for hydroxylation is 1. The molecule has 0 fully saturated rings. The quantitative estimate of drug-likeness (QED) is 0.909. The first kappa shape index (κ1) is 15.0. The summed E-state index contributed by atoms with van der Waals surface area (Å²) >= 11 is 0. The average molecular weight is 309 g/mol. The average Bonchev–Trinajstić information content (AvgIpc) is 2.41. The number of sulfonamides is 1. The van der Waals surface area contributed by atoms with Gasteiger partial charge >= 0.3 is 5.97 Å². The number of carboxylic acid groups (broad SMARTS) is 1. The summed E-state index contributed by atoms with van der Waals surface area (Å²) < 4.78 is 39.7. The predicted molar refractivity (Wildman–Crippen MR) is 75.3 cm³/mol. The molecule has 2 rings (SSSR count). The highest BCUT2D eigenvalue weighted by Crippen LogP contribution is 2.21. The maximum absolute atomic E-state index is 13.1. The molecule has 0 unspecified atom stereocenters. The van der Waals surface area contributed by atoms with E-state index >= 15 is 0 Å². The Bertz CT molecular complexity index is 802. The van der Waals surface area contributed by atoms with Gasteiger partial charge < -0.3 is 5.11 Å². The lowest BCUT2D eigenvalue weighted by Gasteiger charge is -2.11. The van der Waals surface area contributed by atoms with Crippen LogP contribution in [0.25, 0.3) is 0 Å². The van der Waals surface area contributed by atoms with Crippen molar-refractivity contribution in [3.63, 3.8) is 0 Å². The van der Waals surface area contributed by atoms with Crippen molar-refractivity contribution < 1.29 is 22.7 Å². The molecule has 0 spiro atoms. The monoisotopic (exact) mass is 309 g/mol. The Morgan fingerprint density at radius 1 is 1.19 bits per heavy atom. The number of carbonyl (C=O) groups is 1. The second kappa shape index (κ2) is 5.53. The van der Waals surface area contributed by atoms with E-state index in [1.165, 1.54) is 30.3 Å². The Hall–Kier alpha value is -2.41. The second-order valence-corrected chi connectivity index (χ2v) is 6.08. The van der Waals surface area contributed by atoms with E-state index in [-0.39, 0.29) is 16.1 Å². The molecular formula is C14H12FNO4S. The van der Waals surface area contributed by atoms with Crippen molar-refractivity contribution in [1.82, 2.24) is 0 Å².